The number of carbonyl (C=O) groups excluding carboxylic acids is 1. The van der Waals surface area contributed by atoms with Crippen molar-refractivity contribution in [1.82, 2.24) is 14.6 Å². The summed E-state index contributed by atoms with van der Waals surface area (Å²) in [5, 5.41) is 7.56. The number of rotatable bonds is 4. The van der Waals surface area contributed by atoms with Gasteiger partial charge in [-0.2, -0.15) is 9.78 Å². The van der Waals surface area contributed by atoms with Gasteiger partial charge in [-0.1, -0.05) is 54.1 Å². The van der Waals surface area contributed by atoms with Gasteiger partial charge < -0.3 is 11.1 Å². The third-order valence-electron chi connectivity index (χ3n) is 5.74. The van der Waals surface area contributed by atoms with Crippen molar-refractivity contribution in [2.75, 3.05) is 11.1 Å². The first kappa shape index (κ1) is 21.3. The van der Waals surface area contributed by atoms with Crippen LogP contribution in [0.5, 0.6) is 0 Å². The molecule has 0 saturated carbocycles. The molecule has 0 unspecified atom stereocenters. The van der Waals surface area contributed by atoms with Crippen molar-refractivity contribution in [3.8, 4) is 0 Å². The van der Waals surface area contributed by atoms with Crippen molar-refractivity contribution in [3.63, 3.8) is 0 Å². The molecule has 0 aliphatic heterocycles. The third-order valence-corrected chi connectivity index (χ3v) is 5.74. The molecular weight excluding hydrogens is 424 g/mol. The molecule has 2 aromatic heterocycles. The minimum Gasteiger partial charge on any atom is -0.383 e. The van der Waals surface area contributed by atoms with Crippen LogP contribution in [0, 0.1) is 20.8 Å². The lowest BCUT2D eigenvalue weighted by Crippen LogP contribution is -2.15. The van der Waals surface area contributed by atoms with Crippen LogP contribution in [0.3, 0.4) is 0 Å². The summed E-state index contributed by atoms with van der Waals surface area (Å²) < 4.78 is 1.48. The molecule has 0 radical (unpaired) electrons. The van der Waals surface area contributed by atoms with Gasteiger partial charge in [-0.15, -0.1) is 0 Å². The minimum absolute atomic E-state index is 0.177. The number of carbonyl (C=O) groups is 1. The van der Waals surface area contributed by atoms with Crippen molar-refractivity contribution >= 4 is 45.8 Å². The van der Waals surface area contributed by atoms with Gasteiger partial charge in [-0.05, 0) is 55.7 Å². The first-order chi connectivity index (χ1) is 16.4. The number of nitrogens with two attached hydrogens (primary N) is 1. The summed E-state index contributed by atoms with van der Waals surface area (Å²) in [6, 6.07) is 21.4. The number of aryl methyl sites for hydroxylation is 3. The molecule has 34 heavy (non-hydrogen) atoms. The van der Waals surface area contributed by atoms with E-state index >= 15 is 0 Å². The highest BCUT2D eigenvalue weighted by Gasteiger charge is 2.24. The zero-order chi connectivity index (χ0) is 23.8. The van der Waals surface area contributed by atoms with Crippen molar-refractivity contribution in [3.05, 3.63) is 94.5 Å². The molecule has 0 saturated heterocycles. The average molecular weight is 449 g/mol. The van der Waals surface area contributed by atoms with Crippen LogP contribution in [0.1, 0.15) is 32.6 Å². The normalized spacial score (nSPS) is 11.5. The highest BCUT2D eigenvalue weighted by molar-refractivity contribution is 6.16. The first-order valence-corrected chi connectivity index (χ1v) is 11.0. The van der Waals surface area contributed by atoms with Crippen molar-refractivity contribution in [2.45, 2.75) is 20.8 Å². The Morgan fingerprint density at radius 2 is 1.62 bits per heavy atom. The molecular formula is C27H24N6O. The molecule has 168 valence electrons. The van der Waals surface area contributed by atoms with Gasteiger partial charge in [0.2, 0.25) is 0 Å². The molecule has 0 aliphatic carbocycles. The number of benzene rings is 3. The number of amides is 1. The fourth-order valence-electron chi connectivity index (χ4n) is 3.82. The van der Waals surface area contributed by atoms with Gasteiger partial charge in [0.1, 0.15) is 16.9 Å². The summed E-state index contributed by atoms with van der Waals surface area (Å²) in [6.07, 6.45) is 1.69. The Morgan fingerprint density at radius 1 is 0.941 bits per heavy atom. The summed E-state index contributed by atoms with van der Waals surface area (Å²) in [5.41, 5.74) is 13.7. The Hall–Kier alpha value is -4.52. The molecule has 3 N–H and O–H groups in total. The number of anilines is 2. The third kappa shape index (κ3) is 3.88. The van der Waals surface area contributed by atoms with E-state index in [0.29, 0.717) is 22.2 Å². The molecule has 3 aromatic carbocycles. The standard InChI is InChI=1S/C27H24N6O/c1-16-9-12-19(13-10-16)15-29-33-25(28)23(27(34)32-22-14-17(2)8-11-18(22)3)24-26(33)31-21-7-5-4-6-20(21)30-24/h4-15H,28H2,1-3H3,(H,32,34). The Morgan fingerprint density at radius 3 is 2.35 bits per heavy atom. The molecule has 0 atom stereocenters. The summed E-state index contributed by atoms with van der Waals surface area (Å²) >= 11 is 0. The molecule has 1 amide bonds. The molecule has 5 aromatic rings. The molecule has 5 rings (SSSR count). The number of nitrogens with zero attached hydrogens (tertiary/aromatic N) is 4. The zero-order valence-corrected chi connectivity index (χ0v) is 19.2. The lowest BCUT2D eigenvalue weighted by atomic mass is 10.1. The van der Waals surface area contributed by atoms with E-state index < -0.39 is 0 Å². The van der Waals surface area contributed by atoms with Crippen LogP contribution in [0.4, 0.5) is 11.5 Å². The van der Waals surface area contributed by atoms with Gasteiger partial charge in [-0.3, -0.25) is 4.79 Å². The summed E-state index contributed by atoms with van der Waals surface area (Å²) in [7, 11) is 0. The SMILES string of the molecule is Cc1ccc(C=Nn2c(N)c(C(=O)Nc3cc(C)ccc3C)c3nc4ccccc4nc32)cc1. The van der Waals surface area contributed by atoms with Crippen molar-refractivity contribution < 1.29 is 4.79 Å². The second kappa shape index (κ2) is 8.44. The van der Waals surface area contributed by atoms with E-state index in [2.05, 4.69) is 10.4 Å². The topological polar surface area (TPSA) is 98.2 Å². The van der Waals surface area contributed by atoms with E-state index in [1.54, 1.807) is 6.21 Å². The van der Waals surface area contributed by atoms with Gasteiger partial charge in [0.25, 0.3) is 5.91 Å². The van der Waals surface area contributed by atoms with Crippen LogP contribution in [0.15, 0.2) is 71.8 Å². The Labute approximate surface area is 197 Å². The number of nitrogens with one attached hydrogen (secondary N) is 1. The van der Waals surface area contributed by atoms with E-state index in [0.717, 1.165) is 27.9 Å². The van der Waals surface area contributed by atoms with Gasteiger partial charge >= 0.3 is 0 Å². The van der Waals surface area contributed by atoms with Crippen LogP contribution >= 0.6 is 0 Å². The lowest BCUT2D eigenvalue weighted by Gasteiger charge is -2.09. The van der Waals surface area contributed by atoms with E-state index in [1.165, 1.54) is 4.68 Å². The highest BCUT2D eigenvalue weighted by Crippen LogP contribution is 2.29. The molecule has 0 spiro atoms. The van der Waals surface area contributed by atoms with Crippen LogP contribution in [0.2, 0.25) is 0 Å². The second-order valence-electron chi connectivity index (χ2n) is 8.38. The molecule has 0 aliphatic rings. The number of fused-ring (bicyclic) bond motifs is 2. The number of aromatic nitrogens is 3. The Bertz CT molecular complexity index is 1580. The van der Waals surface area contributed by atoms with E-state index in [9.17, 15) is 4.79 Å². The maximum Gasteiger partial charge on any atom is 0.261 e. The zero-order valence-electron chi connectivity index (χ0n) is 19.2. The number of hydrogen-bond donors (Lipinski definition) is 2. The van der Waals surface area contributed by atoms with Gasteiger partial charge in [0, 0.05) is 5.69 Å². The maximum atomic E-state index is 13.4. The van der Waals surface area contributed by atoms with Crippen LogP contribution in [0.25, 0.3) is 22.2 Å². The monoisotopic (exact) mass is 448 g/mol. The summed E-state index contributed by atoms with van der Waals surface area (Å²) in [5.74, 6) is -0.179. The quantitative estimate of drug-likeness (QED) is 0.368. The number of para-hydroxylation sites is 2. The fourth-order valence-corrected chi connectivity index (χ4v) is 3.82. The predicted molar refractivity (Wildman–Crippen MR) is 137 cm³/mol. The smallest absolute Gasteiger partial charge is 0.261 e. The molecule has 0 fully saturated rings. The number of hydrogen-bond acceptors (Lipinski definition) is 5. The largest absolute Gasteiger partial charge is 0.383 e. The second-order valence-corrected chi connectivity index (χ2v) is 8.38. The molecule has 2 heterocycles. The fraction of sp³-hybridized carbons (Fsp3) is 0.111. The Kier molecular flexibility index (Phi) is 5.30. The Balaban J connectivity index is 1.66. The van der Waals surface area contributed by atoms with Crippen LogP contribution in [-0.4, -0.2) is 26.8 Å². The molecule has 0 bridgehead atoms. The van der Waals surface area contributed by atoms with E-state index in [1.807, 2.05) is 87.5 Å². The number of nitrogen functional groups attached to an aromatic ring is 1. The van der Waals surface area contributed by atoms with Crippen LogP contribution < -0.4 is 11.1 Å². The van der Waals surface area contributed by atoms with Crippen molar-refractivity contribution in [1.29, 1.82) is 0 Å². The van der Waals surface area contributed by atoms with Crippen LogP contribution in [-0.2, 0) is 0 Å². The highest BCUT2D eigenvalue weighted by atomic mass is 16.1. The predicted octanol–water partition coefficient (Wildman–Crippen LogP) is 5.23. The van der Waals surface area contributed by atoms with E-state index in [-0.39, 0.29) is 17.3 Å². The summed E-state index contributed by atoms with van der Waals surface area (Å²) in [6.45, 7) is 5.95. The maximum absolute atomic E-state index is 13.4. The van der Waals surface area contributed by atoms with Gasteiger partial charge in [-0.25, -0.2) is 9.97 Å². The molecule has 7 heteroatoms. The molecule has 7 nitrogen and oxygen atoms in total. The van der Waals surface area contributed by atoms with Gasteiger partial charge in [0.05, 0.1) is 17.2 Å². The average Bonchev–Trinajstić information content (AvgIpc) is 3.09. The summed E-state index contributed by atoms with van der Waals surface area (Å²) in [4.78, 5) is 22.9. The first-order valence-electron chi connectivity index (χ1n) is 11.0. The minimum atomic E-state index is -0.356. The lowest BCUT2D eigenvalue weighted by molar-refractivity contribution is 0.102. The van der Waals surface area contributed by atoms with Gasteiger partial charge in [0.15, 0.2) is 5.65 Å². The van der Waals surface area contributed by atoms with Crippen molar-refractivity contribution in [2.24, 2.45) is 5.10 Å². The van der Waals surface area contributed by atoms with E-state index in [4.69, 9.17) is 15.7 Å².